The number of carbonyl (C=O) groups excluding carboxylic acids is 2. The van der Waals surface area contributed by atoms with E-state index in [0.717, 1.165) is 0 Å². The molecule has 0 saturated carbocycles. The second kappa shape index (κ2) is 10.3. The van der Waals surface area contributed by atoms with Gasteiger partial charge in [0.25, 0.3) is 5.56 Å². The van der Waals surface area contributed by atoms with Gasteiger partial charge in [-0.2, -0.15) is 4.98 Å². The van der Waals surface area contributed by atoms with Crippen molar-refractivity contribution in [2.45, 2.75) is 40.3 Å². The lowest BCUT2D eigenvalue weighted by Gasteiger charge is -2.24. The quantitative estimate of drug-likeness (QED) is 0.250. The lowest BCUT2D eigenvalue weighted by Crippen LogP contribution is -2.35. The van der Waals surface area contributed by atoms with Crippen LogP contribution in [0.1, 0.15) is 27.7 Å². The monoisotopic (exact) mass is 484 g/mol. The summed E-state index contributed by atoms with van der Waals surface area (Å²) in [6.45, 7) is 10.2. The number of nitrogens with zero attached hydrogens (tertiary/aromatic N) is 3. The van der Waals surface area contributed by atoms with Crippen molar-refractivity contribution in [3.63, 3.8) is 0 Å². The van der Waals surface area contributed by atoms with Gasteiger partial charge in [0.05, 0.1) is 25.5 Å². The van der Waals surface area contributed by atoms with Crippen molar-refractivity contribution >= 4 is 36.6 Å². The van der Waals surface area contributed by atoms with Crippen molar-refractivity contribution in [3.05, 3.63) is 28.8 Å². The van der Waals surface area contributed by atoms with E-state index in [4.69, 9.17) is 15.0 Å². The third-order valence-electron chi connectivity index (χ3n) is 4.29. The van der Waals surface area contributed by atoms with Crippen molar-refractivity contribution in [1.82, 2.24) is 24.6 Å². The zero-order valence-corrected chi connectivity index (χ0v) is 20.1. The summed E-state index contributed by atoms with van der Waals surface area (Å²) in [4.78, 5) is 46.2. The van der Waals surface area contributed by atoms with Crippen molar-refractivity contribution < 1.29 is 28.2 Å². The molecule has 0 saturated heterocycles. The van der Waals surface area contributed by atoms with Crippen molar-refractivity contribution in [3.8, 4) is 0 Å². The molecule has 1 unspecified atom stereocenters. The number of aromatic nitrogens is 4. The van der Waals surface area contributed by atoms with Crippen LogP contribution in [-0.4, -0.2) is 57.6 Å². The Labute approximate surface area is 190 Å². The Hall–Kier alpha value is -3.02. The Kier molecular flexibility index (Phi) is 8.17. The molecule has 0 amide bonds. The molecule has 0 bridgehead atoms. The Morgan fingerprint density at radius 2 is 2.06 bits per heavy atom. The number of hydrogen-bond acceptors (Lipinski definition) is 10. The number of imidazole rings is 1. The second-order valence-electron chi connectivity index (χ2n) is 8.38. The van der Waals surface area contributed by atoms with E-state index in [1.807, 2.05) is 0 Å². The fraction of sp³-hybridized carbons (Fsp3) is 0.526. The number of hydrogen-bond donors (Lipinski definition) is 3. The minimum Gasteiger partial charge on any atom is -0.468 e. The number of fused-ring (bicyclic) bond motifs is 1. The molecule has 33 heavy (non-hydrogen) atoms. The van der Waals surface area contributed by atoms with Gasteiger partial charge in [0.1, 0.15) is 6.04 Å². The topological polar surface area (TPSA) is 181 Å². The number of ether oxygens (including phenoxy) is 2. The molecule has 4 N–H and O–H groups in total. The summed E-state index contributed by atoms with van der Waals surface area (Å²) < 4.78 is 30.2. The lowest BCUT2D eigenvalue weighted by atomic mass is 9.98. The average Bonchev–Trinajstić information content (AvgIpc) is 3.12. The van der Waals surface area contributed by atoms with Gasteiger partial charge in [0.15, 0.2) is 17.5 Å². The van der Waals surface area contributed by atoms with Crippen LogP contribution in [0.4, 0.5) is 5.95 Å². The van der Waals surface area contributed by atoms with E-state index in [0.29, 0.717) is 5.57 Å². The zero-order valence-electron chi connectivity index (χ0n) is 19.2. The maximum atomic E-state index is 13.3. The molecule has 0 spiro atoms. The highest BCUT2D eigenvalue weighted by molar-refractivity contribution is 7.56. The third-order valence-corrected chi connectivity index (χ3v) is 6.08. The second-order valence-corrected chi connectivity index (χ2v) is 10.5. The Morgan fingerprint density at radius 1 is 1.39 bits per heavy atom. The maximum absolute atomic E-state index is 13.3. The molecule has 182 valence electrons. The van der Waals surface area contributed by atoms with Crippen molar-refractivity contribution in [2.24, 2.45) is 5.41 Å². The van der Waals surface area contributed by atoms with E-state index < -0.39 is 42.8 Å². The SMILES string of the molecule is C=C(COP(=O)(COC(=O)C(C)(C)C)N[C@@H](C)C(=O)OC)Cn1cnc2c(=O)[nH]c(N)nc21. The van der Waals surface area contributed by atoms with Gasteiger partial charge >= 0.3 is 19.5 Å². The highest BCUT2D eigenvalue weighted by atomic mass is 31.2. The number of nitrogen functional groups attached to an aromatic ring is 1. The number of aromatic amines is 1. The zero-order chi connectivity index (χ0) is 25.0. The standard InChI is InChI=1S/C19H29N6O7P/c1-11(7-25-9-21-13-14(25)22-18(20)23-15(13)26)8-32-33(29,24-12(2)16(27)30-6)10-31-17(28)19(3,4)5/h9,12H,1,7-8,10H2,2-6H3,(H,24,29)(H3,20,22,23,26)/t12-,33?/m0/s1. The average molecular weight is 484 g/mol. The van der Waals surface area contributed by atoms with Gasteiger partial charge in [-0.25, -0.2) is 10.1 Å². The molecule has 0 fully saturated rings. The molecule has 14 heteroatoms. The normalized spacial score (nSPS) is 14.5. The number of esters is 2. The summed E-state index contributed by atoms with van der Waals surface area (Å²) in [5, 5.41) is 2.56. The van der Waals surface area contributed by atoms with E-state index in [1.54, 1.807) is 20.8 Å². The number of H-pyrrole nitrogens is 1. The summed E-state index contributed by atoms with van der Waals surface area (Å²) in [6.07, 6.45) is 0.791. The third kappa shape index (κ3) is 6.98. The fourth-order valence-electron chi connectivity index (χ4n) is 2.57. The first-order valence-corrected chi connectivity index (χ1v) is 11.7. The van der Waals surface area contributed by atoms with E-state index in [2.05, 4.69) is 31.4 Å². The Balaban J connectivity index is 2.13. The minimum absolute atomic E-state index is 0.0673. The first kappa shape index (κ1) is 26.2. The van der Waals surface area contributed by atoms with Crippen LogP contribution in [0.25, 0.3) is 11.2 Å². The van der Waals surface area contributed by atoms with Crippen LogP contribution < -0.4 is 16.4 Å². The largest absolute Gasteiger partial charge is 0.468 e. The molecule has 2 rings (SSSR count). The van der Waals surface area contributed by atoms with E-state index in [9.17, 15) is 18.9 Å². The first-order valence-electron chi connectivity index (χ1n) is 9.89. The van der Waals surface area contributed by atoms with Gasteiger partial charge in [-0.05, 0) is 33.3 Å². The van der Waals surface area contributed by atoms with E-state index in [1.165, 1.54) is 24.9 Å². The molecule has 0 aromatic carbocycles. The van der Waals surface area contributed by atoms with Crippen molar-refractivity contribution in [2.75, 3.05) is 25.8 Å². The predicted molar refractivity (Wildman–Crippen MR) is 120 cm³/mol. The molecule has 2 heterocycles. The van der Waals surface area contributed by atoms with Gasteiger partial charge in [-0.1, -0.05) is 6.58 Å². The summed E-state index contributed by atoms with van der Waals surface area (Å²) >= 11 is 0. The summed E-state index contributed by atoms with van der Waals surface area (Å²) in [5.41, 5.74) is 5.07. The molecule has 0 aliphatic rings. The summed E-state index contributed by atoms with van der Waals surface area (Å²) in [6, 6.07) is -0.987. The van der Waals surface area contributed by atoms with Gasteiger partial charge in [-0.15, -0.1) is 0 Å². The van der Waals surface area contributed by atoms with Gasteiger partial charge in [-0.3, -0.25) is 23.9 Å². The van der Waals surface area contributed by atoms with Crippen molar-refractivity contribution in [1.29, 1.82) is 0 Å². The highest BCUT2D eigenvalue weighted by Crippen LogP contribution is 2.44. The number of nitrogens with two attached hydrogens (primary N) is 1. The molecule has 2 aromatic heterocycles. The van der Waals surface area contributed by atoms with Gasteiger partial charge in [0, 0.05) is 6.54 Å². The molecule has 2 atom stereocenters. The molecule has 13 nitrogen and oxygen atoms in total. The number of nitrogens with one attached hydrogen (secondary N) is 2. The summed E-state index contributed by atoms with van der Waals surface area (Å²) in [5.74, 6) is -1.32. The van der Waals surface area contributed by atoms with Gasteiger partial charge < -0.3 is 24.3 Å². The van der Waals surface area contributed by atoms with Crippen LogP contribution in [0.15, 0.2) is 23.3 Å². The number of anilines is 1. The number of carbonyl (C=O) groups is 2. The molecule has 0 aliphatic carbocycles. The molecule has 2 aromatic rings. The van der Waals surface area contributed by atoms with Crippen LogP contribution in [0, 0.1) is 5.41 Å². The first-order chi connectivity index (χ1) is 15.3. The van der Waals surface area contributed by atoms with Crippen LogP contribution in [0.3, 0.4) is 0 Å². The number of rotatable bonds is 10. The molecular weight excluding hydrogens is 455 g/mol. The lowest BCUT2D eigenvalue weighted by molar-refractivity contribution is -0.151. The molecular formula is C19H29N6O7P. The number of methoxy groups -OCH3 is 1. The maximum Gasteiger partial charge on any atom is 0.323 e. The van der Waals surface area contributed by atoms with Crippen LogP contribution in [-0.2, 0) is 34.7 Å². The summed E-state index contributed by atoms with van der Waals surface area (Å²) in [7, 11) is -2.65. The molecule has 0 aliphatic heterocycles. The van der Waals surface area contributed by atoms with Crippen LogP contribution >= 0.6 is 7.52 Å². The Morgan fingerprint density at radius 3 is 2.67 bits per heavy atom. The van der Waals surface area contributed by atoms with Crippen LogP contribution in [0.2, 0.25) is 0 Å². The highest BCUT2D eigenvalue weighted by Gasteiger charge is 2.33. The van der Waals surface area contributed by atoms with Gasteiger partial charge in [0.2, 0.25) is 5.95 Å². The van der Waals surface area contributed by atoms with E-state index in [-0.39, 0.29) is 30.3 Å². The molecule has 0 radical (unpaired) electrons. The van der Waals surface area contributed by atoms with E-state index >= 15 is 0 Å². The fourth-order valence-corrected chi connectivity index (χ4v) is 4.16. The van der Waals surface area contributed by atoms with Crippen LogP contribution in [0.5, 0.6) is 0 Å². The Bertz CT molecular complexity index is 1150. The smallest absolute Gasteiger partial charge is 0.323 e. The minimum atomic E-state index is -3.84. The predicted octanol–water partition coefficient (Wildman–Crippen LogP) is 1.17.